The van der Waals surface area contributed by atoms with Crippen molar-refractivity contribution < 1.29 is 19.7 Å². The first-order valence-electron chi connectivity index (χ1n) is 6.05. The van der Waals surface area contributed by atoms with E-state index in [9.17, 15) is 9.90 Å². The minimum atomic E-state index is -1.08. The van der Waals surface area contributed by atoms with Crippen molar-refractivity contribution in [3.05, 3.63) is 11.9 Å². The van der Waals surface area contributed by atoms with Gasteiger partial charge in [-0.15, -0.1) is 5.10 Å². The van der Waals surface area contributed by atoms with Crippen molar-refractivity contribution in [2.24, 2.45) is 5.73 Å². The molecule has 0 aliphatic heterocycles. The zero-order valence-corrected chi connectivity index (χ0v) is 11.1. The molecule has 0 aliphatic carbocycles. The molecule has 0 spiro atoms. The van der Waals surface area contributed by atoms with E-state index in [-0.39, 0.29) is 25.7 Å². The van der Waals surface area contributed by atoms with Crippen LogP contribution >= 0.6 is 0 Å². The third-order valence-corrected chi connectivity index (χ3v) is 2.35. The minimum absolute atomic E-state index is 0.0505. The Labute approximate surface area is 111 Å². The number of ether oxygens (including phenoxy) is 1. The van der Waals surface area contributed by atoms with E-state index in [2.05, 4.69) is 10.3 Å². The summed E-state index contributed by atoms with van der Waals surface area (Å²) in [5.41, 5.74) is 5.87. The molecule has 8 heteroatoms. The quantitative estimate of drug-likeness (QED) is 0.555. The Morgan fingerprint density at radius 2 is 2.26 bits per heavy atom. The van der Waals surface area contributed by atoms with E-state index in [1.165, 1.54) is 4.68 Å². The zero-order chi connectivity index (χ0) is 14.4. The van der Waals surface area contributed by atoms with Crippen molar-refractivity contribution in [2.75, 3.05) is 6.61 Å². The molecule has 0 saturated carbocycles. The molecule has 4 N–H and O–H groups in total. The molecule has 0 saturated heterocycles. The number of carboxylic acids is 1. The van der Waals surface area contributed by atoms with Crippen LogP contribution in [-0.2, 0) is 22.5 Å². The first kappa shape index (κ1) is 15.5. The van der Waals surface area contributed by atoms with E-state index in [0.29, 0.717) is 5.69 Å². The maximum Gasteiger partial charge on any atom is 0.320 e. The van der Waals surface area contributed by atoms with Gasteiger partial charge in [0.25, 0.3) is 0 Å². The highest BCUT2D eigenvalue weighted by Gasteiger charge is 2.15. The lowest BCUT2D eigenvalue weighted by Gasteiger charge is -2.12. The summed E-state index contributed by atoms with van der Waals surface area (Å²) in [6, 6.07) is -1.00. The molecule has 0 aromatic carbocycles. The van der Waals surface area contributed by atoms with Crippen LogP contribution in [0.2, 0.25) is 0 Å². The lowest BCUT2D eigenvalue weighted by molar-refractivity contribution is -0.138. The van der Waals surface area contributed by atoms with Gasteiger partial charge >= 0.3 is 5.97 Å². The number of carbonyl (C=O) groups is 1. The number of nitrogens with zero attached hydrogens (tertiary/aromatic N) is 3. The number of carboxylic acid groups (broad SMARTS) is 1. The summed E-state index contributed by atoms with van der Waals surface area (Å²) >= 11 is 0. The Kier molecular flexibility index (Phi) is 5.87. The van der Waals surface area contributed by atoms with Crippen LogP contribution in [0.5, 0.6) is 0 Å². The number of hydrogen-bond donors (Lipinski definition) is 3. The summed E-state index contributed by atoms with van der Waals surface area (Å²) in [5.74, 6) is -1.08. The molecule has 8 nitrogen and oxygen atoms in total. The second kappa shape index (κ2) is 7.17. The van der Waals surface area contributed by atoms with E-state index in [0.717, 1.165) is 0 Å². The molecule has 1 aromatic rings. The molecular formula is C11H20N4O4. The average molecular weight is 272 g/mol. The Hall–Kier alpha value is -1.51. The molecule has 0 amide bonds. The predicted octanol–water partition coefficient (Wildman–Crippen LogP) is -0.982. The third-order valence-electron chi connectivity index (χ3n) is 2.35. The van der Waals surface area contributed by atoms with Gasteiger partial charge in [-0.1, -0.05) is 5.21 Å². The Morgan fingerprint density at radius 3 is 2.84 bits per heavy atom. The topological polar surface area (TPSA) is 123 Å². The molecule has 19 heavy (non-hydrogen) atoms. The van der Waals surface area contributed by atoms with Gasteiger partial charge in [0.05, 0.1) is 31.1 Å². The molecule has 1 aromatic heterocycles. The van der Waals surface area contributed by atoms with Crippen LogP contribution in [0, 0.1) is 0 Å². The summed E-state index contributed by atoms with van der Waals surface area (Å²) in [4.78, 5) is 10.6. The number of hydrogen-bond acceptors (Lipinski definition) is 6. The van der Waals surface area contributed by atoms with Crippen LogP contribution in [0.25, 0.3) is 0 Å². The Bertz CT molecular complexity index is 407. The van der Waals surface area contributed by atoms with Gasteiger partial charge in [-0.05, 0) is 13.8 Å². The summed E-state index contributed by atoms with van der Waals surface area (Å²) in [5, 5.41) is 26.0. The van der Waals surface area contributed by atoms with Gasteiger partial charge in [-0.2, -0.15) is 0 Å². The maximum atomic E-state index is 10.6. The van der Waals surface area contributed by atoms with Crippen LogP contribution in [0.1, 0.15) is 19.5 Å². The minimum Gasteiger partial charge on any atom is -0.480 e. The smallest absolute Gasteiger partial charge is 0.320 e. The van der Waals surface area contributed by atoms with E-state index in [4.69, 9.17) is 15.6 Å². The summed E-state index contributed by atoms with van der Waals surface area (Å²) in [6.07, 6.45) is 1.04. The second-order valence-corrected chi connectivity index (χ2v) is 4.62. The van der Waals surface area contributed by atoms with Gasteiger partial charge < -0.3 is 20.7 Å². The number of aliphatic hydroxyl groups excluding tert-OH is 1. The predicted molar refractivity (Wildman–Crippen MR) is 66.4 cm³/mol. The number of rotatable bonds is 8. The molecule has 1 heterocycles. The molecule has 108 valence electrons. The standard InChI is InChI=1S/C11H20N4O4/c1-7(2)19-6-9(16)5-15-4-8(13-14-15)3-10(12)11(17)18/h4,7,9-10,16H,3,5-6,12H2,1-2H3,(H,17,18). The average Bonchev–Trinajstić information content (AvgIpc) is 2.73. The van der Waals surface area contributed by atoms with Gasteiger partial charge in [0, 0.05) is 12.6 Å². The van der Waals surface area contributed by atoms with Crippen LogP contribution < -0.4 is 5.73 Å². The Morgan fingerprint density at radius 1 is 1.58 bits per heavy atom. The van der Waals surface area contributed by atoms with Crippen molar-refractivity contribution in [3.63, 3.8) is 0 Å². The van der Waals surface area contributed by atoms with Gasteiger partial charge in [-0.3, -0.25) is 4.79 Å². The molecule has 2 atom stereocenters. The van der Waals surface area contributed by atoms with E-state index >= 15 is 0 Å². The second-order valence-electron chi connectivity index (χ2n) is 4.62. The lowest BCUT2D eigenvalue weighted by Crippen LogP contribution is -2.32. The molecule has 0 bridgehead atoms. The van der Waals surface area contributed by atoms with Crippen LogP contribution in [-0.4, -0.2) is 56.0 Å². The summed E-state index contributed by atoms with van der Waals surface area (Å²) < 4.78 is 6.71. The number of aliphatic carboxylic acids is 1. The normalized spacial score (nSPS) is 14.6. The summed E-state index contributed by atoms with van der Waals surface area (Å²) in [6.45, 7) is 4.21. The highest BCUT2D eigenvalue weighted by molar-refractivity contribution is 5.73. The molecular weight excluding hydrogens is 252 g/mol. The first-order valence-corrected chi connectivity index (χ1v) is 6.05. The maximum absolute atomic E-state index is 10.6. The van der Waals surface area contributed by atoms with Crippen molar-refractivity contribution in [2.45, 2.75) is 45.1 Å². The van der Waals surface area contributed by atoms with Gasteiger partial charge in [0.2, 0.25) is 0 Å². The fourth-order valence-electron chi connectivity index (χ4n) is 1.41. The molecule has 0 aliphatic rings. The summed E-state index contributed by atoms with van der Waals surface area (Å²) in [7, 11) is 0. The lowest BCUT2D eigenvalue weighted by atomic mass is 10.2. The number of aliphatic hydroxyl groups is 1. The molecule has 0 fully saturated rings. The van der Waals surface area contributed by atoms with Crippen molar-refractivity contribution in [1.82, 2.24) is 15.0 Å². The largest absolute Gasteiger partial charge is 0.480 e. The van der Waals surface area contributed by atoms with Gasteiger partial charge in [0.1, 0.15) is 6.04 Å². The number of aromatic nitrogens is 3. The van der Waals surface area contributed by atoms with Crippen molar-refractivity contribution >= 4 is 5.97 Å². The molecule has 0 radical (unpaired) electrons. The van der Waals surface area contributed by atoms with Gasteiger partial charge in [0.15, 0.2) is 0 Å². The third kappa shape index (κ3) is 5.77. The zero-order valence-electron chi connectivity index (χ0n) is 11.1. The monoisotopic (exact) mass is 272 g/mol. The van der Waals surface area contributed by atoms with E-state index < -0.39 is 18.1 Å². The van der Waals surface area contributed by atoms with Crippen molar-refractivity contribution in [1.29, 1.82) is 0 Å². The van der Waals surface area contributed by atoms with Gasteiger partial charge in [-0.25, -0.2) is 4.68 Å². The first-order chi connectivity index (χ1) is 8.88. The molecule has 1 rings (SSSR count). The highest BCUT2D eigenvalue weighted by Crippen LogP contribution is 2.00. The van der Waals surface area contributed by atoms with Crippen LogP contribution in [0.3, 0.4) is 0 Å². The fraction of sp³-hybridized carbons (Fsp3) is 0.727. The fourth-order valence-corrected chi connectivity index (χ4v) is 1.41. The SMILES string of the molecule is CC(C)OCC(O)Cn1cc(CC(N)C(=O)O)nn1. The van der Waals surface area contributed by atoms with Crippen LogP contribution in [0.15, 0.2) is 6.20 Å². The number of nitrogens with two attached hydrogens (primary N) is 1. The van der Waals surface area contributed by atoms with E-state index in [1.54, 1.807) is 6.20 Å². The molecule has 2 unspecified atom stereocenters. The van der Waals surface area contributed by atoms with Crippen LogP contribution in [0.4, 0.5) is 0 Å². The van der Waals surface area contributed by atoms with E-state index in [1.807, 2.05) is 13.8 Å². The highest BCUT2D eigenvalue weighted by atomic mass is 16.5. The van der Waals surface area contributed by atoms with Crippen molar-refractivity contribution in [3.8, 4) is 0 Å². The Balaban J connectivity index is 2.44.